The van der Waals surface area contributed by atoms with Crippen LogP contribution in [-0.2, 0) is 16.0 Å². The Morgan fingerprint density at radius 2 is 1.97 bits per heavy atom. The summed E-state index contributed by atoms with van der Waals surface area (Å²) >= 11 is 0. The normalized spacial score (nSPS) is 19.9. The molecule has 1 amide bonds. The highest BCUT2D eigenvalue weighted by atomic mass is 16.5. The van der Waals surface area contributed by atoms with Gasteiger partial charge in [0.25, 0.3) is 5.91 Å². The average molecular weight is 393 g/mol. The second-order valence-corrected chi connectivity index (χ2v) is 7.50. The van der Waals surface area contributed by atoms with Crippen molar-refractivity contribution in [3.8, 4) is 5.88 Å². The Hall–Kier alpha value is -3.00. The monoisotopic (exact) mass is 393 g/mol. The molecular formula is C21H23N5O3. The minimum Gasteiger partial charge on any atom is -0.480 e. The maximum atomic E-state index is 13.1. The third-order valence-corrected chi connectivity index (χ3v) is 5.86. The highest BCUT2D eigenvalue weighted by Gasteiger charge is 2.34. The van der Waals surface area contributed by atoms with Crippen LogP contribution in [0.5, 0.6) is 5.88 Å². The van der Waals surface area contributed by atoms with Crippen LogP contribution in [0, 0.1) is 0 Å². The third kappa shape index (κ3) is 3.23. The summed E-state index contributed by atoms with van der Waals surface area (Å²) in [7, 11) is 1.59. The Bertz CT molecular complexity index is 1040. The van der Waals surface area contributed by atoms with Crippen LogP contribution < -0.4 is 4.74 Å². The Morgan fingerprint density at radius 3 is 2.79 bits per heavy atom. The number of fused-ring (bicyclic) bond motifs is 2. The number of benzene rings is 1. The van der Waals surface area contributed by atoms with E-state index >= 15 is 0 Å². The first-order valence-electron chi connectivity index (χ1n) is 9.99. The molecule has 0 aliphatic carbocycles. The number of aromatic nitrogens is 4. The minimum atomic E-state index is -0.489. The van der Waals surface area contributed by atoms with Gasteiger partial charge < -0.3 is 14.4 Å². The smallest absolute Gasteiger partial charge is 0.256 e. The molecule has 8 nitrogen and oxygen atoms in total. The van der Waals surface area contributed by atoms with E-state index in [-0.39, 0.29) is 11.8 Å². The number of ether oxygens (including phenoxy) is 2. The van der Waals surface area contributed by atoms with Crippen molar-refractivity contribution in [3.05, 3.63) is 53.3 Å². The number of nitrogens with zero attached hydrogens (tertiary/aromatic N) is 5. The molecule has 0 spiro atoms. The summed E-state index contributed by atoms with van der Waals surface area (Å²) in [6, 6.07) is 11.7. The maximum Gasteiger partial charge on any atom is 0.256 e. The van der Waals surface area contributed by atoms with E-state index < -0.39 is 6.10 Å². The van der Waals surface area contributed by atoms with E-state index in [2.05, 4.69) is 21.4 Å². The van der Waals surface area contributed by atoms with Gasteiger partial charge in [-0.15, -0.1) is 15.3 Å². The van der Waals surface area contributed by atoms with E-state index in [0.29, 0.717) is 31.2 Å². The molecule has 1 unspecified atom stereocenters. The van der Waals surface area contributed by atoms with Crippen LogP contribution in [0.3, 0.4) is 0 Å². The summed E-state index contributed by atoms with van der Waals surface area (Å²) in [5.41, 5.74) is 2.92. The first kappa shape index (κ1) is 18.1. The largest absolute Gasteiger partial charge is 0.480 e. The van der Waals surface area contributed by atoms with E-state index in [1.165, 1.54) is 5.56 Å². The summed E-state index contributed by atoms with van der Waals surface area (Å²) in [6.45, 7) is 1.93. The lowest BCUT2D eigenvalue weighted by Crippen LogP contribution is -2.42. The van der Waals surface area contributed by atoms with Crippen molar-refractivity contribution in [1.82, 2.24) is 24.7 Å². The van der Waals surface area contributed by atoms with Gasteiger partial charge in [-0.1, -0.05) is 24.3 Å². The van der Waals surface area contributed by atoms with E-state index in [4.69, 9.17) is 9.47 Å². The molecule has 0 radical (unpaired) electrons. The fraction of sp³-hybridized carbons (Fsp3) is 0.429. The number of carbonyl (C=O) groups is 1. The molecule has 1 saturated heterocycles. The third-order valence-electron chi connectivity index (χ3n) is 5.86. The molecule has 150 valence electrons. The molecule has 2 aromatic heterocycles. The van der Waals surface area contributed by atoms with Crippen LogP contribution in [-0.4, -0.2) is 57.4 Å². The topological polar surface area (TPSA) is 81.9 Å². The number of hydrogen-bond donors (Lipinski definition) is 0. The van der Waals surface area contributed by atoms with Gasteiger partial charge in [-0.2, -0.15) is 4.52 Å². The van der Waals surface area contributed by atoms with Crippen LogP contribution in [0.1, 0.15) is 41.8 Å². The fourth-order valence-corrected chi connectivity index (χ4v) is 4.27. The fourth-order valence-electron chi connectivity index (χ4n) is 4.27. The van der Waals surface area contributed by atoms with Crippen molar-refractivity contribution in [2.45, 2.75) is 31.3 Å². The lowest BCUT2D eigenvalue weighted by Gasteiger charge is -2.35. The zero-order valence-electron chi connectivity index (χ0n) is 16.3. The van der Waals surface area contributed by atoms with Gasteiger partial charge in [0.1, 0.15) is 0 Å². The quantitative estimate of drug-likeness (QED) is 0.678. The molecule has 1 fully saturated rings. The number of methoxy groups -OCH3 is 1. The molecular weight excluding hydrogens is 370 g/mol. The molecule has 0 N–H and O–H groups in total. The second-order valence-electron chi connectivity index (χ2n) is 7.50. The van der Waals surface area contributed by atoms with E-state index in [9.17, 15) is 4.79 Å². The summed E-state index contributed by atoms with van der Waals surface area (Å²) < 4.78 is 12.8. The Balaban J connectivity index is 1.31. The van der Waals surface area contributed by atoms with Gasteiger partial charge in [0.15, 0.2) is 17.6 Å². The van der Waals surface area contributed by atoms with Gasteiger partial charge in [0.05, 0.1) is 13.7 Å². The predicted octanol–water partition coefficient (Wildman–Crippen LogP) is 2.15. The van der Waals surface area contributed by atoms with Gasteiger partial charge in [-0.05, 0) is 36.5 Å². The Labute approximate surface area is 168 Å². The van der Waals surface area contributed by atoms with E-state index in [1.54, 1.807) is 17.7 Å². The van der Waals surface area contributed by atoms with Crippen molar-refractivity contribution in [2.75, 3.05) is 26.8 Å². The number of hydrogen-bond acceptors (Lipinski definition) is 6. The summed E-state index contributed by atoms with van der Waals surface area (Å²) in [5, 5.41) is 13.0. The Morgan fingerprint density at radius 1 is 1.14 bits per heavy atom. The molecule has 4 heterocycles. The van der Waals surface area contributed by atoms with Crippen LogP contribution in [0.15, 0.2) is 36.4 Å². The molecule has 0 saturated carbocycles. The molecule has 1 aromatic carbocycles. The SMILES string of the molecule is COc1ccc2nnc(C3CCN(C(=O)C4OCCc5ccccc54)CC3)n2n1. The molecule has 1 atom stereocenters. The van der Waals surface area contributed by atoms with Crippen molar-refractivity contribution < 1.29 is 14.3 Å². The first-order chi connectivity index (χ1) is 14.2. The van der Waals surface area contributed by atoms with Crippen molar-refractivity contribution >= 4 is 11.6 Å². The van der Waals surface area contributed by atoms with Crippen LogP contribution in [0.4, 0.5) is 0 Å². The number of rotatable bonds is 3. The van der Waals surface area contributed by atoms with Gasteiger partial charge >= 0.3 is 0 Å². The number of piperidine rings is 1. The van der Waals surface area contributed by atoms with Crippen molar-refractivity contribution in [1.29, 1.82) is 0 Å². The predicted molar refractivity (Wildman–Crippen MR) is 105 cm³/mol. The highest BCUT2D eigenvalue weighted by molar-refractivity contribution is 5.83. The van der Waals surface area contributed by atoms with Gasteiger partial charge in [-0.25, -0.2) is 0 Å². The summed E-state index contributed by atoms with van der Waals surface area (Å²) in [5.74, 6) is 1.61. The molecule has 29 heavy (non-hydrogen) atoms. The number of amides is 1. The van der Waals surface area contributed by atoms with E-state index in [1.807, 2.05) is 29.2 Å². The molecule has 0 bridgehead atoms. The lowest BCUT2D eigenvalue weighted by atomic mass is 9.93. The van der Waals surface area contributed by atoms with Crippen molar-refractivity contribution in [3.63, 3.8) is 0 Å². The average Bonchev–Trinajstić information content (AvgIpc) is 3.21. The molecule has 5 rings (SSSR count). The maximum absolute atomic E-state index is 13.1. The van der Waals surface area contributed by atoms with Gasteiger partial charge in [-0.3, -0.25) is 4.79 Å². The molecule has 8 heteroatoms. The number of likely N-dealkylation sites (tertiary alicyclic amines) is 1. The molecule has 2 aliphatic heterocycles. The summed E-state index contributed by atoms with van der Waals surface area (Å²) in [6.07, 6.45) is 2.01. The zero-order chi connectivity index (χ0) is 19.8. The highest BCUT2D eigenvalue weighted by Crippen LogP contribution is 2.32. The van der Waals surface area contributed by atoms with Crippen LogP contribution in [0.2, 0.25) is 0 Å². The van der Waals surface area contributed by atoms with E-state index in [0.717, 1.165) is 30.7 Å². The van der Waals surface area contributed by atoms with Gasteiger partial charge in [0, 0.05) is 25.1 Å². The standard InChI is InChI=1S/C21H23N5O3/c1-28-18-7-6-17-22-23-20(26(17)24-18)15-8-11-25(12-9-15)21(27)19-16-5-3-2-4-14(16)10-13-29-19/h2-7,15,19H,8-13H2,1H3. The van der Waals surface area contributed by atoms with Crippen molar-refractivity contribution in [2.24, 2.45) is 0 Å². The number of carbonyl (C=O) groups excluding carboxylic acids is 1. The minimum absolute atomic E-state index is 0.0569. The van der Waals surface area contributed by atoms with Gasteiger partial charge in [0.2, 0.25) is 5.88 Å². The first-order valence-corrected chi connectivity index (χ1v) is 9.99. The summed E-state index contributed by atoms with van der Waals surface area (Å²) in [4.78, 5) is 15.1. The second kappa shape index (κ2) is 7.44. The lowest BCUT2D eigenvalue weighted by molar-refractivity contribution is -0.146. The zero-order valence-corrected chi connectivity index (χ0v) is 16.3. The molecule has 3 aromatic rings. The van der Waals surface area contributed by atoms with Crippen LogP contribution in [0.25, 0.3) is 5.65 Å². The molecule has 2 aliphatic rings. The van der Waals surface area contributed by atoms with Crippen LogP contribution >= 0.6 is 0 Å². The Kier molecular flexibility index (Phi) is 4.63.